The van der Waals surface area contributed by atoms with E-state index >= 15 is 0 Å². The average molecular weight is 560 g/mol. The number of esters is 1. The van der Waals surface area contributed by atoms with E-state index in [4.69, 9.17) is 20.8 Å². The molecule has 0 atom stereocenters. The van der Waals surface area contributed by atoms with Crippen LogP contribution >= 0.6 is 11.6 Å². The van der Waals surface area contributed by atoms with Gasteiger partial charge in [-0.3, -0.25) is 9.69 Å². The highest BCUT2D eigenvalue weighted by Gasteiger charge is 2.34. The second-order valence-corrected chi connectivity index (χ2v) is 9.64. The summed E-state index contributed by atoms with van der Waals surface area (Å²) < 4.78 is 18.0. The molecule has 10 heteroatoms. The summed E-state index contributed by atoms with van der Waals surface area (Å²) in [5.74, 6) is -0.122. The Hall–Kier alpha value is -4.76. The first-order valence-electron chi connectivity index (χ1n) is 12.4. The number of imide groups is 1. The molecule has 5 rings (SSSR count). The molecule has 0 saturated carbocycles. The van der Waals surface area contributed by atoms with Crippen molar-refractivity contribution in [3.05, 3.63) is 111 Å². The fraction of sp³-hybridized carbons (Fsp3) is 0.167. The molecule has 9 nitrogen and oxygen atoms in total. The quantitative estimate of drug-likeness (QED) is 0.166. The van der Waals surface area contributed by atoms with Gasteiger partial charge in [0.25, 0.3) is 5.91 Å². The van der Waals surface area contributed by atoms with Gasteiger partial charge in [-0.1, -0.05) is 23.7 Å². The number of carbonyl (C=O) groups is 3. The predicted molar refractivity (Wildman–Crippen MR) is 148 cm³/mol. The number of rotatable bonds is 8. The number of benzene rings is 2. The number of nitrogens with zero attached hydrogens (tertiary/aromatic N) is 2. The molecule has 0 radical (unpaired) electrons. The predicted octanol–water partition coefficient (Wildman–Crippen LogP) is 5.80. The first-order valence-corrected chi connectivity index (χ1v) is 12.8. The monoisotopic (exact) mass is 559 g/mol. The standard InChI is InChI=1S/C30H26ClN3O6/c1-18-14-21(15-26-28(35)33(30(37)32-26)16-25-12-13-27(40-25)29(36)38-3)19(2)34(18)23-8-10-24(11-9-23)39-17-20-4-6-22(31)7-5-20/h4-15H,16-17H2,1-3H3,(H,32,37)/b26-15-. The third kappa shape index (κ3) is 5.50. The molecule has 0 bridgehead atoms. The zero-order chi connectivity index (χ0) is 28.4. The number of carbonyl (C=O) groups excluding carboxylic acids is 3. The smallest absolute Gasteiger partial charge is 0.373 e. The summed E-state index contributed by atoms with van der Waals surface area (Å²) in [6.07, 6.45) is 1.66. The Labute approximate surface area is 235 Å². The molecule has 4 aromatic rings. The number of amides is 3. The van der Waals surface area contributed by atoms with E-state index in [1.807, 2.05) is 68.4 Å². The third-order valence-corrected chi connectivity index (χ3v) is 6.76. The van der Waals surface area contributed by atoms with Crippen LogP contribution in [0.3, 0.4) is 0 Å². The van der Waals surface area contributed by atoms with Gasteiger partial charge in [0, 0.05) is 22.1 Å². The van der Waals surface area contributed by atoms with Crippen LogP contribution in [-0.2, 0) is 22.7 Å². The van der Waals surface area contributed by atoms with E-state index in [1.165, 1.54) is 19.2 Å². The van der Waals surface area contributed by atoms with Crippen LogP contribution in [0, 0.1) is 13.8 Å². The molecular formula is C30H26ClN3O6. The van der Waals surface area contributed by atoms with Crippen molar-refractivity contribution in [1.29, 1.82) is 0 Å². The topological polar surface area (TPSA) is 103 Å². The van der Waals surface area contributed by atoms with Crippen LogP contribution in [0.5, 0.6) is 5.75 Å². The maximum atomic E-state index is 13.0. The van der Waals surface area contributed by atoms with E-state index in [0.717, 1.165) is 38.9 Å². The summed E-state index contributed by atoms with van der Waals surface area (Å²) in [6.45, 7) is 4.22. The van der Waals surface area contributed by atoms with Crippen molar-refractivity contribution in [3.8, 4) is 11.4 Å². The second kappa shape index (κ2) is 11.2. The maximum Gasteiger partial charge on any atom is 0.373 e. The molecule has 2 aromatic heterocycles. The van der Waals surface area contributed by atoms with Gasteiger partial charge in [-0.05, 0) is 85.6 Å². The number of urea groups is 1. The fourth-order valence-electron chi connectivity index (χ4n) is 4.47. The molecule has 1 N–H and O–H groups in total. The highest BCUT2D eigenvalue weighted by atomic mass is 35.5. The Bertz CT molecular complexity index is 1620. The number of hydrogen-bond donors (Lipinski definition) is 1. The summed E-state index contributed by atoms with van der Waals surface area (Å²) in [6, 6.07) is 19.6. The third-order valence-electron chi connectivity index (χ3n) is 6.51. The summed E-state index contributed by atoms with van der Waals surface area (Å²) in [5, 5.41) is 3.31. The van der Waals surface area contributed by atoms with Gasteiger partial charge in [-0.25, -0.2) is 9.59 Å². The molecule has 1 saturated heterocycles. The lowest BCUT2D eigenvalue weighted by Crippen LogP contribution is -2.30. The largest absolute Gasteiger partial charge is 0.489 e. The van der Waals surface area contributed by atoms with E-state index in [0.29, 0.717) is 11.6 Å². The highest BCUT2D eigenvalue weighted by molar-refractivity contribution is 6.30. The first kappa shape index (κ1) is 26.8. The Morgan fingerprint density at radius 1 is 1.02 bits per heavy atom. The lowest BCUT2D eigenvalue weighted by Gasteiger charge is -2.12. The normalized spacial score (nSPS) is 14.1. The summed E-state index contributed by atoms with van der Waals surface area (Å²) in [5.41, 5.74) is 4.74. The van der Waals surface area contributed by atoms with Crippen LogP contribution in [-0.4, -0.2) is 34.5 Å². The zero-order valence-corrected chi connectivity index (χ0v) is 22.8. The number of furan rings is 1. The van der Waals surface area contributed by atoms with Crippen molar-refractivity contribution in [1.82, 2.24) is 14.8 Å². The zero-order valence-electron chi connectivity index (χ0n) is 22.1. The van der Waals surface area contributed by atoms with E-state index in [9.17, 15) is 14.4 Å². The number of methoxy groups -OCH3 is 1. The molecular weight excluding hydrogens is 534 g/mol. The number of ether oxygens (including phenoxy) is 2. The van der Waals surface area contributed by atoms with Crippen LogP contribution in [0.25, 0.3) is 11.8 Å². The van der Waals surface area contributed by atoms with E-state index in [-0.39, 0.29) is 23.8 Å². The molecule has 204 valence electrons. The lowest BCUT2D eigenvalue weighted by atomic mass is 10.2. The molecule has 3 heterocycles. The van der Waals surface area contributed by atoms with Crippen LogP contribution in [0.15, 0.2) is 76.8 Å². The van der Waals surface area contributed by atoms with Gasteiger partial charge in [0.05, 0.1) is 13.7 Å². The summed E-state index contributed by atoms with van der Waals surface area (Å²) >= 11 is 5.94. The van der Waals surface area contributed by atoms with Gasteiger partial charge in [-0.15, -0.1) is 0 Å². The molecule has 0 unspecified atom stereocenters. The Kier molecular flexibility index (Phi) is 7.48. The molecule has 40 heavy (non-hydrogen) atoms. The van der Waals surface area contributed by atoms with Gasteiger partial charge in [0.15, 0.2) is 0 Å². The highest BCUT2D eigenvalue weighted by Crippen LogP contribution is 2.26. The Balaban J connectivity index is 1.29. The molecule has 1 aliphatic rings. The summed E-state index contributed by atoms with van der Waals surface area (Å²) in [4.78, 5) is 38.2. The summed E-state index contributed by atoms with van der Waals surface area (Å²) in [7, 11) is 1.24. The molecule has 1 fully saturated rings. The van der Waals surface area contributed by atoms with E-state index < -0.39 is 17.9 Å². The Morgan fingerprint density at radius 2 is 1.75 bits per heavy atom. The van der Waals surface area contributed by atoms with E-state index in [2.05, 4.69) is 14.6 Å². The van der Waals surface area contributed by atoms with Gasteiger partial charge < -0.3 is 23.8 Å². The molecule has 0 aliphatic carbocycles. The van der Waals surface area contributed by atoms with E-state index in [1.54, 1.807) is 6.08 Å². The molecule has 1 aliphatic heterocycles. The number of aromatic nitrogens is 1. The van der Waals surface area contributed by atoms with Crippen molar-refractivity contribution in [2.24, 2.45) is 0 Å². The average Bonchev–Trinajstić information content (AvgIpc) is 3.61. The van der Waals surface area contributed by atoms with Crippen molar-refractivity contribution < 1.29 is 28.3 Å². The Morgan fingerprint density at radius 3 is 2.45 bits per heavy atom. The van der Waals surface area contributed by atoms with Gasteiger partial charge in [-0.2, -0.15) is 0 Å². The van der Waals surface area contributed by atoms with Gasteiger partial charge in [0.1, 0.15) is 23.8 Å². The molecule has 0 spiro atoms. The molecule has 3 amide bonds. The lowest BCUT2D eigenvalue weighted by molar-refractivity contribution is -0.123. The second-order valence-electron chi connectivity index (χ2n) is 9.21. The van der Waals surface area contributed by atoms with Crippen LogP contribution in [0.1, 0.15) is 38.8 Å². The number of hydrogen-bond acceptors (Lipinski definition) is 6. The minimum Gasteiger partial charge on any atom is -0.489 e. The van der Waals surface area contributed by atoms with Crippen molar-refractivity contribution in [2.75, 3.05) is 7.11 Å². The minimum absolute atomic E-state index is 0.00564. The first-order chi connectivity index (χ1) is 19.2. The minimum atomic E-state index is -0.639. The maximum absolute atomic E-state index is 13.0. The van der Waals surface area contributed by atoms with Gasteiger partial charge >= 0.3 is 12.0 Å². The van der Waals surface area contributed by atoms with Crippen molar-refractivity contribution in [3.63, 3.8) is 0 Å². The van der Waals surface area contributed by atoms with Crippen LogP contribution < -0.4 is 10.1 Å². The number of nitrogens with one attached hydrogen (secondary N) is 1. The van der Waals surface area contributed by atoms with Crippen molar-refractivity contribution >= 4 is 35.6 Å². The van der Waals surface area contributed by atoms with Gasteiger partial charge in [0.2, 0.25) is 5.76 Å². The molecule has 2 aromatic carbocycles. The fourth-order valence-corrected chi connectivity index (χ4v) is 4.60. The number of aryl methyl sites for hydroxylation is 1. The van der Waals surface area contributed by atoms with Crippen LogP contribution in [0.2, 0.25) is 5.02 Å². The van der Waals surface area contributed by atoms with Crippen LogP contribution in [0.4, 0.5) is 4.79 Å². The van der Waals surface area contributed by atoms with Crippen molar-refractivity contribution in [2.45, 2.75) is 27.0 Å². The SMILES string of the molecule is COC(=O)c1ccc(CN2C(=O)N/C(=C\c3cc(C)n(-c4ccc(OCc5ccc(Cl)cc5)cc4)c3C)C2=O)o1. The number of halogens is 1.